The van der Waals surface area contributed by atoms with Crippen LogP contribution in [-0.4, -0.2) is 12.2 Å². The smallest absolute Gasteiger partial charge is 0.174 e. The number of ether oxygens (including phenoxy) is 1. The normalized spacial score (nSPS) is 10.9. The van der Waals surface area contributed by atoms with Crippen molar-refractivity contribution in [2.24, 2.45) is 0 Å². The van der Waals surface area contributed by atoms with Gasteiger partial charge in [0.2, 0.25) is 0 Å². The van der Waals surface area contributed by atoms with Crippen molar-refractivity contribution in [2.75, 3.05) is 6.61 Å². The summed E-state index contributed by atoms with van der Waals surface area (Å²) in [7, 11) is 0. The van der Waals surface area contributed by atoms with Crippen LogP contribution >= 0.6 is 0 Å². The molecule has 1 aromatic rings. The number of nitriles is 1. The Balaban J connectivity index is 2.38. The summed E-state index contributed by atoms with van der Waals surface area (Å²) in [5, 5.41) is 8.37. The van der Waals surface area contributed by atoms with Gasteiger partial charge in [-0.3, -0.25) is 4.84 Å². The summed E-state index contributed by atoms with van der Waals surface area (Å²) in [6.07, 6.45) is 0. The van der Waals surface area contributed by atoms with Crippen LogP contribution < -0.4 is 10.2 Å². The van der Waals surface area contributed by atoms with E-state index in [9.17, 15) is 0 Å². The minimum Gasteiger partial charge on any atom is -0.479 e. The lowest BCUT2D eigenvalue weighted by Crippen LogP contribution is -2.28. The minimum absolute atomic E-state index is 0.0741. The molecule has 0 aromatic heterocycles. The largest absolute Gasteiger partial charge is 0.479 e. The Morgan fingerprint density at radius 3 is 2.41 bits per heavy atom. The molecule has 4 heteroatoms. The zero-order valence-electron chi connectivity index (χ0n) is 10.5. The van der Waals surface area contributed by atoms with Gasteiger partial charge in [0.1, 0.15) is 11.8 Å². The van der Waals surface area contributed by atoms with Gasteiger partial charge in [0.25, 0.3) is 0 Å². The molecule has 0 fully saturated rings. The Hall–Kier alpha value is -1.57. The van der Waals surface area contributed by atoms with Crippen molar-refractivity contribution in [1.82, 2.24) is 5.48 Å². The van der Waals surface area contributed by atoms with Crippen molar-refractivity contribution in [2.45, 2.75) is 32.9 Å². The maximum Gasteiger partial charge on any atom is 0.174 e. The number of nitrogens with zero attached hydrogens (tertiary/aromatic N) is 1. The molecular formula is C13H18N2O2. The summed E-state index contributed by atoms with van der Waals surface area (Å²) < 4.78 is 5.16. The summed E-state index contributed by atoms with van der Waals surface area (Å²) in [5.41, 5.74) is 3.81. The quantitative estimate of drug-likeness (QED) is 0.795. The molecule has 0 heterocycles. The van der Waals surface area contributed by atoms with Gasteiger partial charge in [-0.2, -0.15) is 10.7 Å². The third-order valence-corrected chi connectivity index (χ3v) is 1.88. The first-order valence-corrected chi connectivity index (χ1v) is 5.51. The van der Waals surface area contributed by atoms with E-state index in [-0.39, 0.29) is 12.2 Å². The van der Waals surface area contributed by atoms with Gasteiger partial charge in [-0.15, -0.1) is 0 Å². The van der Waals surface area contributed by atoms with Crippen LogP contribution in [0.4, 0.5) is 0 Å². The van der Waals surface area contributed by atoms with E-state index in [0.29, 0.717) is 12.3 Å². The molecule has 0 aliphatic carbocycles. The van der Waals surface area contributed by atoms with Crippen LogP contribution in [-0.2, 0) is 11.4 Å². The number of nitrogens with one attached hydrogen (secondary N) is 1. The maximum absolute atomic E-state index is 8.37. The second-order valence-corrected chi connectivity index (χ2v) is 4.63. The van der Waals surface area contributed by atoms with Crippen LogP contribution in [0.25, 0.3) is 0 Å². The van der Waals surface area contributed by atoms with E-state index in [1.54, 1.807) is 0 Å². The molecule has 0 atom stereocenters. The first-order chi connectivity index (χ1) is 8.01. The zero-order valence-corrected chi connectivity index (χ0v) is 10.5. The van der Waals surface area contributed by atoms with E-state index in [0.717, 1.165) is 5.56 Å². The molecule has 1 rings (SSSR count). The molecule has 0 bridgehead atoms. The Labute approximate surface area is 102 Å². The molecule has 0 spiro atoms. The molecule has 0 radical (unpaired) electrons. The molecule has 0 aliphatic rings. The first kappa shape index (κ1) is 13.5. The average molecular weight is 234 g/mol. The van der Waals surface area contributed by atoms with Gasteiger partial charge in [0.15, 0.2) is 6.61 Å². The van der Waals surface area contributed by atoms with Crippen molar-refractivity contribution < 1.29 is 9.57 Å². The van der Waals surface area contributed by atoms with Gasteiger partial charge >= 0.3 is 0 Å². The van der Waals surface area contributed by atoms with Crippen LogP contribution in [0.5, 0.6) is 5.75 Å². The lowest BCUT2D eigenvalue weighted by atomic mass is 10.2. The van der Waals surface area contributed by atoms with Crippen molar-refractivity contribution in [3.63, 3.8) is 0 Å². The van der Waals surface area contributed by atoms with Crippen molar-refractivity contribution in [1.29, 1.82) is 5.26 Å². The number of rotatable bonds is 5. The van der Waals surface area contributed by atoms with Crippen LogP contribution in [0.15, 0.2) is 24.3 Å². The predicted molar refractivity (Wildman–Crippen MR) is 65.2 cm³/mol. The number of hydrogen-bond acceptors (Lipinski definition) is 4. The summed E-state index contributed by atoms with van der Waals surface area (Å²) in [5.74, 6) is 0.701. The van der Waals surface area contributed by atoms with E-state index in [2.05, 4.69) is 5.48 Å². The second-order valence-electron chi connectivity index (χ2n) is 4.63. The maximum atomic E-state index is 8.37. The molecule has 0 saturated carbocycles. The summed E-state index contributed by atoms with van der Waals surface area (Å²) in [4.78, 5) is 5.40. The van der Waals surface area contributed by atoms with E-state index >= 15 is 0 Å². The topological polar surface area (TPSA) is 54.3 Å². The van der Waals surface area contributed by atoms with Gasteiger partial charge < -0.3 is 4.74 Å². The predicted octanol–water partition coefficient (Wildman–Crippen LogP) is 2.41. The van der Waals surface area contributed by atoms with E-state index in [1.165, 1.54) is 0 Å². The molecule has 92 valence electrons. The molecule has 0 unspecified atom stereocenters. The highest BCUT2D eigenvalue weighted by Gasteiger charge is 2.09. The summed E-state index contributed by atoms with van der Waals surface area (Å²) >= 11 is 0. The van der Waals surface area contributed by atoms with Crippen LogP contribution in [0.1, 0.15) is 26.3 Å². The van der Waals surface area contributed by atoms with Gasteiger partial charge in [0.05, 0.1) is 5.60 Å². The second kappa shape index (κ2) is 6.24. The van der Waals surface area contributed by atoms with Gasteiger partial charge in [-0.05, 0) is 38.5 Å². The highest BCUT2D eigenvalue weighted by atomic mass is 16.7. The SMILES string of the molecule is CC(C)(C)ONCc1ccc(OCC#N)cc1. The lowest BCUT2D eigenvalue weighted by molar-refractivity contribution is -0.0757. The van der Waals surface area contributed by atoms with Crippen LogP contribution in [0, 0.1) is 11.3 Å². The van der Waals surface area contributed by atoms with Crippen molar-refractivity contribution >= 4 is 0 Å². The Morgan fingerprint density at radius 1 is 1.24 bits per heavy atom. The molecule has 1 aromatic carbocycles. The molecule has 17 heavy (non-hydrogen) atoms. The molecule has 4 nitrogen and oxygen atoms in total. The Bertz CT molecular complexity index is 374. The van der Waals surface area contributed by atoms with E-state index in [1.807, 2.05) is 51.1 Å². The zero-order chi connectivity index (χ0) is 12.7. The summed E-state index contributed by atoms with van der Waals surface area (Å²) in [6, 6.07) is 9.48. The molecule has 0 amide bonds. The van der Waals surface area contributed by atoms with Gasteiger partial charge in [-0.1, -0.05) is 12.1 Å². The third-order valence-electron chi connectivity index (χ3n) is 1.88. The molecule has 0 aliphatic heterocycles. The summed E-state index contributed by atoms with van der Waals surface area (Å²) in [6.45, 7) is 6.66. The lowest BCUT2D eigenvalue weighted by Gasteiger charge is -2.19. The van der Waals surface area contributed by atoms with E-state index < -0.39 is 0 Å². The highest BCUT2D eigenvalue weighted by molar-refractivity contribution is 5.27. The minimum atomic E-state index is -0.199. The average Bonchev–Trinajstić information content (AvgIpc) is 2.26. The molecule has 1 N–H and O–H groups in total. The standard InChI is InChI=1S/C13H18N2O2/c1-13(2,3)17-15-10-11-4-6-12(7-5-11)16-9-8-14/h4-7,15H,9-10H2,1-3H3. The fraction of sp³-hybridized carbons (Fsp3) is 0.462. The number of hydroxylamine groups is 1. The number of benzene rings is 1. The highest BCUT2D eigenvalue weighted by Crippen LogP contribution is 2.12. The monoisotopic (exact) mass is 234 g/mol. The number of hydrogen-bond donors (Lipinski definition) is 1. The van der Waals surface area contributed by atoms with E-state index in [4.69, 9.17) is 14.8 Å². The fourth-order valence-electron chi connectivity index (χ4n) is 1.16. The van der Waals surface area contributed by atoms with Crippen molar-refractivity contribution in [3.05, 3.63) is 29.8 Å². The first-order valence-electron chi connectivity index (χ1n) is 5.51. The Morgan fingerprint density at radius 2 is 1.88 bits per heavy atom. The van der Waals surface area contributed by atoms with Gasteiger partial charge in [0, 0.05) is 6.54 Å². The Kier molecular flexibility index (Phi) is 4.95. The molecule has 0 saturated heterocycles. The molecular weight excluding hydrogens is 216 g/mol. The van der Waals surface area contributed by atoms with Crippen LogP contribution in [0.2, 0.25) is 0 Å². The van der Waals surface area contributed by atoms with Crippen LogP contribution in [0.3, 0.4) is 0 Å². The van der Waals surface area contributed by atoms with Crippen molar-refractivity contribution in [3.8, 4) is 11.8 Å². The third kappa shape index (κ3) is 5.91. The van der Waals surface area contributed by atoms with Gasteiger partial charge in [-0.25, -0.2) is 0 Å². The fourth-order valence-corrected chi connectivity index (χ4v) is 1.16.